The first-order chi connectivity index (χ1) is 15.3. The van der Waals surface area contributed by atoms with E-state index in [1.54, 1.807) is 36.4 Å². The van der Waals surface area contributed by atoms with Crippen molar-refractivity contribution in [3.05, 3.63) is 72.1 Å². The van der Waals surface area contributed by atoms with Crippen LogP contribution in [0.3, 0.4) is 0 Å². The Hall–Kier alpha value is -2.79. The molecule has 172 valence electrons. The number of nitrogens with one attached hydrogen (secondary N) is 2. The molecule has 1 amide bonds. The number of aliphatic hydroxyl groups excluding tert-OH is 1. The molecule has 8 nitrogen and oxygen atoms in total. The standard InChI is InChI=1S/C22H25FN2O6S/c1-30-17-3-2-4-19(11-17)32(28,29)25-20-10-9-18(31-21(20)14-26)12-22(27)24-13-15-5-7-16(23)8-6-15/h2-11,18,20-21,25-26H,12-14H2,1H3,(H,24,27)/t18-,20+,21-/m1/s1. The number of aliphatic hydroxyl groups is 1. The highest BCUT2D eigenvalue weighted by atomic mass is 32.2. The lowest BCUT2D eigenvalue weighted by atomic mass is 10.1. The van der Waals surface area contributed by atoms with E-state index in [1.807, 2.05) is 0 Å². The second-order valence-corrected chi connectivity index (χ2v) is 8.93. The minimum Gasteiger partial charge on any atom is -0.497 e. The van der Waals surface area contributed by atoms with Gasteiger partial charge in [0.25, 0.3) is 0 Å². The van der Waals surface area contributed by atoms with Gasteiger partial charge < -0.3 is 19.9 Å². The van der Waals surface area contributed by atoms with Gasteiger partial charge in [-0.1, -0.05) is 30.4 Å². The zero-order valence-corrected chi connectivity index (χ0v) is 18.2. The van der Waals surface area contributed by atoms with Crippen LogP contribution in [0, 0.1) is 5.82 Å². The summed E-state index contributed by atoms with van der Waals surface area (Å²) in [5, 5.41) is 12.4. The number of ether oxygens (including phenoxy) is 2. The molecule has 0 saturated heterocycles. The summed E-state index contributed by atoms with van der Waals surface area (Å²) in [6.45, 7) is -0.203. The van der Waals surface area contributed by atoms with Crippen LogP contribution in [-0.2, 0) is 26.1 Å². The minimum atomic E-state index is -3.90. The summed E-state index contributed by atoms with van der Waals surface area (Å²) >= 11 is 0. The van der Waals surface area contributed by atoms with Crippen LogP contribution in [0.15, 0.2) is 65.6 Å². The van der Waals surface area contributed by atoms with Gasteiger partial charge in [0, 0.05) is 12.6 Å². The van der Waals surface area contributed by atoms with Gasteiger partial charge in [0.05, 0.1) is 37.2 Å². The van der Waals surface area contributed by atoms with E-state index >= 15 is 0 Å². The lowest BCUT2D eigenvalue weighted by molar-refractivity contribution is -0.125. The van der Waals surface area contributed by atoms with Crippen LogP contribution < -0.4 is 14.8 Å². The molecule has 3 atom stereocenters. The van der Waals surface area contributed by atoms with Crippen molar-refractivity contribution in [1.29, 1.82) is 0 Å². The van der Waals surface area contributed by atoms with E-state index < -0.39 is 34.9 Å². The maximum absolute atomic E-state index is 12.9. The highest BCUT2D eigenvalue weighted by Gasteiger charge is 2.31. The van der Waals surface area contributed by atoms with Crippen molar-refractivity contribution in [3.63, 3.8) is 0 Å². The maximum atomic E-state index is 12.9. The van der Waals surface area contributed by atoms with Gasteiger partial charge in [-0.2, -0.15) is 0 Å². The molecule has 0 bridgehead atoms. The molecule has 2 aromatic carbocycles. The number of carbonyl (C=O) groups is 1. The van der Waals surface area contributed by atoms with E-state index in [0.29, 0.717) is 5.75 Å². The number of carbonyl (C=O) groups excluding carboxylic acids is 1. The van der Waals surface area contributed by atoms with Gasteiger partial charge >= 0.3 is 0 Å². The van der Waals surface area contributed by atoms with E-state index in [1.165, 1.54) is 31.4 Å². The fourth-order valence-electron chi connectivity index (χ4n) is 3.18. The summed E-state index contributed by atoms with van der Waals surface area (Å²) in [7, 11) is -2.46. The first kappa shape index (κ1) is 23.9. The predicted molar refractivity (Wildman–Crippen MR) is 115 cm³/mol. The molecule has 0 spiro atoms. The van der Waals surface area contributed by atoms with Crippen LogP contribution >= 0.6 is 0 Å². The van der Waals surface area contributed by atoms with Crippen molar-refractivity contribution in [3.8, 4) is 5.75 Å². The summed E-state index contributed by atoms with van der Waals surface area (Å²) in [5.41, 5.74) is 0.750. The van der Waals surface area contributed by atoms with Crippen LogP contribution in [0.5, 0.6) is 5.75 Å². The molecule has 0 unspecified atom stereocenters. The Bertz CT molecular complexity index is 1060. The molecule has 32 heavy (non-hydrogen) atoms. The van der Waals surface area contributed by atoms with E-state index in [2.05, 4.69) is 10.0 Å². The average Bonchev–Trinajstić information content (AvgIpc) is 2.79. The van der Waals surface area contributed by atoms with Crippen molar-refractivity contribution in [2.75, 3.05) is 13.7 Å². The fourth-order valence-corrected chi connectivity index (χ4v) is 4.44. The summed E-state index contributed by atoms with van der Waals surface area (Å²) in [6, 6.07) is 11.0. The van der Waals surface area contributed by atoms with Crippen molar-refractivity contribution >= 4 is 15.9 Å². The Balaban J connectivity index is 1.59. The number of sulfonamides is 1. The highest BCUT2D eigenvalue weighted by molar-refractivity contribution is 7.89. The number of amides is 1. The minimum absolute atomic E-state index is 0.0104. The molecule has 0 radical (unpaired) electrons. The van der Waals surface area contributed by atoms with Crippen LogP contribution in [0.2, 0.25) is 0 Å². The van der Waals surface area contributed by atoms with Gasteiger partial charge in [0.15, 0.2) is 0 Å². The van der Waals surface area contributed by atoms with Crippen molar-refractivity contribution in [2.24, 2.45) is 0 Å². The Labute approximate surface area is 186 Å². The van der Waals surface area contributed by atoms with Gasteiger partial charge in [-0.05, 0) is 29.8 Å². The Morgan fingerprint density at radius 3 is 2.62 bits per heavy atom. The molecular weight excluding hydrogens is 439 g/mol. The van der Waals surface area contributed by atoms with Gasteiger partial charge in [-0.15, -0.1) is 0 Å². The summed E-state index contributed by atoms with van der Waals surface area (Å²) < 4.78 is 51.6. The van der Waals surface area contributed by atoms with Gasteiger partial charge in [-0.25, -0.2) is 17.5 Å². The largest absolute Gasteiger partial charge is 0.497 e. The van der Waals surface area contributed by atoms with E-state index in [-0.39, 0.29) is 29.6 Å². The quantitative estimate of drug-likeness (QED) is 0.485. The molecule has 10 heteroatoms. The van der Waals surface area contributed by atoms with Crippen molar-refractivity contribution in [2.45, 2.75) is 36.1 Å². The number of hydrogen-bond donors (Lipinski definition) is 3. The lowest BCUT2D eigenvalue weighted by Gasteiger charge is -2.31. The third-order valence-electron chi connectivity index (χ3n) is 4.90. The number of methoxy groups -OCH3 is 1. The summed E-state index contributed by atoms with van der Waals surface area (Å²) in [4.78, 5) is 12.2. The molecule has 0 aliphatic carbocycles. The first-order valence-corrected chi connectivity index (χ1v) is 11.4. The van der Waals surface area contributed by atoms with E-state index in [0.717, 1.165) is 5.56 Å². The molecule has 0 fully saturated rings. The number of rotatable bonds is 9. The third-order valence-corrected chi connectivity index (χ3v) is 6.35. The topological polar surface area (TPSA) is 114 Å². The Kier molecular flexibility index (Phi) is 7.97. The molecule has 1 aliphatic rings. The maximum Gasteiger partial charge on any atom is 0.241 e. The SMILES string of the molecule is COc1cccc(S(=O)(=O)N[C@H]2C=C[C@H](CC(=O)NCc3ccc(F)cc3)O[C@@H]2CO)c1. The van der Waals surface area contributed by atoms with Gasteiger partial charge in [0.2, 0.25) is 15.9 Å². The summed E-state index contributed by atoms with van der Waals surface area (Å²) in [5.74, 6) is -0.253. The predicted octanol–water partition coefficient (Wildman–Crippen LogP) is 1.50. The van der Waals surface area contributed by atoms with Gasteiger partial charge in [-0.3, -0.25) is 4.79 Å². The van der Waals surface area contributed by atoms with Crippen molar-refractivity contribution < 1.29 is 32.2 Å². The normalized spacial score (nSPS) is 20.7. The number of halogens is 1. The molecule has 2 aromatic rings. The number of hydrogen-bond acceptors (Lipinski definition) is 6. The molecule has 0 aromatic heterocycles. The average molecular weight is 465 g/mol. The first-order valence-electron chi connectivity index (χ1n) is 9.93. The molecule has 3 rings (SSSR count). The molecular formula is C22H25FN2O6S. The van der Waals surface area contributed by atoms with Crippen molar-refractivity contribution in [1.82, 2.24) is 10.0 Å². The van der Waals surface area contributed by atoms with E-state index in [9.17, 15) is 22.7 Å². The zero-order chi connectivity index (χ0) is 23.1. The highest BCUT2D eigenvalue weighted by Crippen LogP contribution is 2.20. The molecule has 0 saturated carbocycles. The molecule has 1 aliphatic heterocycles. The van der Waals surface area contributed by atoms with Crippen LogP contribution in [0.1, 0.15) is 12.0 Å². The van der Waals surface area contributed by atoms with Gasteiger partial charge in [0.1, 0.15) is 17.7 Å². The smallest absolute Gasteiger partial charge is 0.241 e. The fraction of sp³-hybridized carbons (Fsp3) is 0.318. The lowest BCUT2D eigenvalue weighted by Crippen LogP contribution is -2.49. The summed E-state index contributed by atoms with van der Waals surface area (Å²) in [6.07, 6.45) is 1.65. The van der Waals surface area contributed by atoms with Crippen LogP contribution in [-0.4, -0.2) is 51.4 Å². The molecule has 3 N–H and O–H groups in total. The van der Waals surface area contributed by atoms with Crippen LogP contribution in [0.4, 0.5) is 4.39 Å². The Morgan fingerprint density at radius 2 is 1.94 bits per heavy atom. The monoisotopic (exact) mass is 464 g/mol. The number of benzene rings is 2. The molecule has 1 heterocycles. The Morgan fingerprint density at radius 1 is 1.19 bits per heavy atom. The van der Waals surface area contributed by atoms with E-state index in [4.69, 9.17) is 9.47 Å². The zero-order valence-electron chi connectivity index (χ0n) is 17.4. The third kappa shape index (κ3) is 6.36. The van der Waals surface area contributed by atoms with Crippen LogP contribution in [0.25, 0.3) is 0 Å². The second kappa shape index (κ2) is 10.7. The second-order valence-electron chi connectivity index (χ2n) is 7.21.